The fourth-order valence-electron chi connectivity index (χ4n) is 4.38. The van der Waals surface area contributed by atoms with Gasteiger partial charge in [0.25, 0.3) is 0 Å². The van der Waals surface area contributed by atoms with E-state index in [0.717, 1.165) is 5.56 Å². The third-order valence-electron chi connectivity index (χ3n) is 6.60. The monoisotopic (exact) mass is 616 g/mol. The number of benzene rings is 4. The Morgan fingerprint density at radius 3 is 2.14 bits per heavy atom. The molecule has 12 heteroatoms. The van der Waals surface area contributed by atoms with Crippen molar-refractivity contribution in [3.8, 4) is 5.75 Å². The molecule has 44 heavy (non-hydrogen) atoms. The number of carboxylic acids is 1. The number of amides is 3. The highest BCUT2D eigenvalue weighted by Gasteiger charge is 2.23. The molecule has 0 aliphatic rings. The van der Waals surface area contributed by atoms with Crippen LogP contribution in [0.2, 0.25) is 0 Å². The number of urea groups is 1. The summed E-state index contributed by atoms with van der Waals surface area (Å²) in [6, 6.07) is 24.8. The van der Waals surface area contributed by atoms with Gasteiger partial charge in [-0.3, -0.25) is 9.59 Å². The molecule has 228 valence electrons. The molecule has 0 radical (unpaired) electrons. The number of para-hydroxylation sites is 1. The first-order valence-electron chi connectivity index (χ1n) is 13.5. The van der Waals surface area contributed by atoms with Crippen LogP contribution in [-0.2, 0) is 26.0 Å². The Balaban J connectivity index is 1.38. The normalized spacial score (nSPS) is 11.7. The minimum atomic E-state index is -3.97. The average molecular weight is 617 g/mol. The molecular weight excluding hydrogens is 584 g/mol. The Morgan fingerprint density at radius 1 is 0.818 bits per heavy atom. The number of aryl methyl sites for hydroxylation is 1. The zero-order chi connectivity index (χ0) is 31.7. The van der Waals surface area contributed by atoms with Crippen LogP contribution in [0.5, 0.6) is 5.75 Å². The maximum atomic E-state index is 12.8. The highest BCUT2D eigenvalue weighted by atomic mass is 32.2. The van der Waals surface area contributed by atoms with Gasteiger partial charge in [-0.25, -0.2) is 17.9 Å². The predicted molar refractivity (Wildman–Crippen MR) is 167 cm³/mol. The van der Waals surface area contributed by atoms with E-state index in [0.29, 0.717) is 33.9 Å². The van der Waals surface area contributed by atoms with Crippen molar-refractivity contribution in [2.75, 3.05) is 23.1 Å². The Bertz CT molecular complexity index is 1740. The van der Waals surface area contributed by atoms with E-state index >= 15 is 0 Å². The van der Waals surface area contributed by atoms with Crippen LogP contribution in [0.1, 0.15) is 29.2 Å². The quantitative estimate of drug-likeness (QED) is 0.144. The van der Waals surface area contributed by atoms with Crippen molar-refractivity contribution in [3.05, 3.63) is 114 Å². The van der Waals surface area contributed by atoms with Crippen LogP contribution in [0, 0.1) is 6.92 Å². The standard InChI is InChI=1S/C32H32N4O7S/c1-21-8-6-7-11-26(21)34-32(40)35-27-17-12-22(18-29(27)43-2)19-30(37)33-24-15-13-23(14-16-24)28(20-31(38)39)36-44(41,42)25-9-4-3-5-10-25/h3-18,28,36H,19-20H2,1-2H3,(H,33,37)(H,38,39)(H2,34,35,40)/t28-/m1/s1. The molecule has 0 aliphatic carbocycles. The maximum Gasteiger partial charge on any atom is 0.323 e. The van der Waals surface area contributed by atoms with E-state index in [-0.39, 0.29) is 17.2 Å². The molecule has 3 amide bonds. The second kappa shape index (κ2) is 14.3. The van der Waals surface area contributed by atoms with Gasteiger partial charge in [0, 0.05) is 11.4 Å². The molecule has 0 aliphatic heterocycles. The third-order valence-corrected chi connectivity index (χ3v) is 8.09. The lowest BCUT2D eigenvalue weighted by molar-refractivity contribution is -0.137. The number of ether oxygens (including phenoxy) is 1. The van der Waals surface area contributed by atoms with Crippen LogP contribution in [0.15, 0.2) is 102 Å². The second-order valence-electron chi connectivity index (χ2n) is 9.86. The fraction of sp³-hybridized carbons (Fsp3) is 0.156. The van der Waals surface area contributed by atoms with Crippen LogP contribution in [-0.4, -0.2) is 38.5 Å². The van der Waals surface area contributed by atoms with Gasteiger partial charge in [0.2, 0.25) is 15.9 Å². The molecule has 0 bridgehead atoms. The highest BCUT2D eigenvalue weighted by molar-refractivity contribution is 7.89. The zero-order valence-electron chi connectivity index (χ0n) is 24.0. The van der Waals surface area contributed by atoms with E-state index < -0.39 is 34.5 Å². The molecule has 0 spiro atoms. The first-order chi connectivity index (χ1) is 21.0. The number of rotatable bonds is 12. The summed E-state index contributed by atoms with van der Waals surface area (Å²) in [6.45, 7) is 1.89. The van der Waals surface area contributed by atoms with Crippen molar-refractivity contribution >= 4 is 45.0 Å². The molecule has 4 aromatic carbocycles. The largest absolute Gasteiger partial charge is 0.495 e. The molecule has 0 unspecified atom stereocenters. The molecule has 5 N–H and O–H groups in total. The van der Waals surface area contributed by atoms with Crippen LogP contribution < -0.4 is 25.4 Å². The Kier molecular flexibility index (Phi) is 10.3. The number of aliphatic carboxylic acids is 1. The number of hydrogen-bond donors (Lipinski definition) is 5. The van der Waals surface area contributed by atoms with Crippen molar-refractivity contribution in [1.29, 1.82) is 0 Å². The van der Waals surface area contributed by atoms with Gasteiger partial charge < -0.3 is 25.8 Å². The fourth-order valence-corrected chi connectivity index (χ4v) is 5.63. The maximum absolute atomic E-state index is 12.8. The minimum absolute atomic E-state index is 0.00626. The number of hydrogen-bond acceptors (Lipinski definition) is 6. The summed E-state index contributed by atoms with van der Waals surface area (Å²) in [6.07, 6.45) is -0.468. The lowest BCUT2D eigenvalue weighted by Crippen LogP contribution is -2.30. The number of anilines is 3. The van der Waals surface area contributed by atoms with Gasteiger partial charge in [0.05, 0.1) is 36.6 Å². The topological polar surface area (TPSA) is 163 Å². The molecule has 1 atom stereocenters. The summed E-state index contributed by atoms with van der Waals surface area (Å²) < 4.78 is 33.5. The van der Waals surface area contributed by atoms with Crippen LogP contribution in [0.3, 0.4) is 0 Å². The van der Waals surface area contributed by atoms with Gasteiger partial charge in [-0.1, -0.05) is 54.6 Å². The summed E-state index contributed by atoms with van der Waals surface area (Å²) in [7, 11) is -2.51. The first-order valence-corrected chi connectivity index (χ1v) is 15.0. The molecule has 11 nitrogen and oxygen atoms in total. The van der Waals surface area contributed by atoms with E-state index in [1.807, 2.05) is 25.1 Å². The Morgan fingerprint density at radius 2 is 1.48 bits per heavy atom. The number of methoxy groups -OCH3 is 1. The van der Waals surface area contributed by atoms with Crippen molar-refractivity contribution in [2.45, 2.75) is 30.7 Å². The highest BCUT2D eigenvalue weighted by Crippen LogP contribution is 2.27. The predicted octanol–water partition coefficient (Wildman–Crippen LogP) is 5.32. The lowest BCUT2D eigenvalue weighted by atomic mass is 10.0. The van der Waals surface area contributed by atoms with Gasteiger partial charge in [-0.05, 0) is 66.1 Å². The Labute approximate surface area is 255 Å². The summed E-state index contributed by atoms with van der Waals surface area (Å²) in [5.41, 5.74) is 3.52. The average Bonchev–Trinajstić information content (AvgIpc) is 2.99. The van der Waals surface area contributed by atoms with E-state index in [1.54, 1.807) is 66.7 Å². The van der Waals surface area contributed by atoms with Gasteiger partial charge in [-0.15, -0.1) is 0 Å². The molecular formula is C32H32N4O7S. The van der Waals surface area contributed by atoms with Crippen molar-refractivity contribution in [2.24, 2.45) is 0 Å². The van der Waals surface area contributed by atoms with E-state index in [2.05, 4.69) is 20.7 Å². The van der Waals surface area contributed by atoms with Gasteiger partial charge in [0.15, 0.2) is 0 Å². The smallest absolute Gasteiger partial charge is 0.323 e. The van der Waals surface area contributed by atoms with Crippen LogP contribution in [0.4, 0.5) is 21.9 Å². The first kappa shape index (κ1) is 31.7. The van der Waals surface area contributed by atoms with E-state index in [9.17, 15) is 27.9 Å². The zero-order valence-corrected chi connectivity index (χ0v) is 24.9. The van der Waals surface area contributed by atoms with Crippen LogP contribution in [0.25, 0.3) is 0 Å². The second-order valence-corrected chi connectivity index (χ2v) is 11.6. The Hall–Kier alpha value is -5.20. The lowest BCUT2D eigenvalue weighted by Gasteiger charge is -2.18. The molecule has 0 saturated heterocycles. The number of carbonyl (C=O) groups is 3. The number of carbonyl (C=O) groups excluding carboxylic acids is 2. The molecule has 0 saturated carbocycles. The molecule has 0 heterocycles. The molecule has 0 aromatic heterocycles. The van der Waals surface area contributed by atoms with E-state index in [4.69, 9.17) is 4.74 Å². The van der Waals surface area contributed by atoms with Crippen molar-refractivity contribution in [1.82, 2.24) is 4.72 Å². The number of sulfonamides is 1. The minimum Gasteiger partial charge on any atom is -0.495 e. The summed E-state index contributed by atoms with van der Waals surface area (Å²) in [4.78, 5) is 36.8. The van der Waals surface area contributed by atoms with Gasteiger partial charge in [0.1, 0.15) is 5.75 Å². The van der Waals surface area contributed by atoms with Crippen LogP contribution >= 0.6 is 0 Å². The summed E-state index contributed by atoms with van der Waals surface area (Å²) in [5.74, 6) is -1.13. The van der Waals surface area contributed by atoms with Gasteiger partial charge in [-0.2, -0.15) is 0 Å². The van der Waals surface area contributed by atoms with E-state index in [1.165, 1.54) is 19.2 Å². The summed E-state index contributed by atoms with van der Waals surface area (Å²) >= 11 is 0. The van der Waals surface area contributed by atoms with Gasteiger partial charge >= 0.3 is 12.0 Å². The van der Waals surface area contributed by atoms with Crippen molar-refractivity contribution in [3.63, 3.8) is 0 Å². The third kappa shape index (κ3) is 8.66. The number of nitrogens with one attached hydrogen (secondary N) is 4. The van der Waals surface area contributed by atoms with Crippen molar-refractivity contribution < 1.29 is 32.6 Å². The number of carboxylic acid groups (broad SMARTS) is 1. The molecule has 4 aromatic rings. The SMILES string of the molecule is COc1cc(CC(=O)Nc2ccc([C@@H](CC(=O)O)NS(=O)(=O)c3ccccc3)cc2)ccc1NC(=O)Nc1ccccc1C. The molecule has 0 fully saturated rings. The molecule has 4 rings (SSSR count). The summed E-state index contributed by atoms with van der Waals surface area (Å²) in [5, 5.41) is 17.7.